The second kappa shape index (κ2) is 2.93. The van der Waals surface area contributed by atoms with Crippen molar-refractivity contribution in [3.8, 4) is 5.75 Å². The van der Waals surface area contributed by atoms with Gasteiger partial charge in [-0.05, 0) is 6.92 Å². The fourth-order valence-electron chi connectivity index (χ4n) is 1.02. The zero-order valence-electron chi connectivity index (χ0n) is 6.84. The molecule has 0 aliphatic carbocycles. The molecule has 4 N–H and O–H groups in total. The Labute approximate surface area is 73.4 Å². The van der Waals surface area contributed by atoms with Gasteiger partial charge in [-0.1, -0.05) is 0 Å². The van der Waals surface area contributed by atoms with Crippen LogP contribution in [-0.2, 0) is 0 Å². The zero-order chi connectivity index (χ0) is 10.2. The molecule has 0 radical (unpaired) electrons. The molecular weight excluding hydrogens is 177 g/mol. The van der Waals surface area contributed by atoms with E-state index in [1.165, 1.54) is 6.92 Å². The summed E-state index contributed by atoms with van der Waals surface area (Å²) >= 11 is 0. The number of halogens is 1. The molecule has 1 aromatic carbocycles. The zero-order valence-corrected chi connectivity index (χ0v) is 6.84. The monoisotopic (exact) mass is 185 g/mol. The summed E-state index contributed by atoms with van der Waals surface area (Å²) in [5, 5.41) is 17.8. The fourth-order valence-corrected chi connectivity index (χ4v) is 1.02. The second-order valence-corrected chi connectivity index (χ2v) is 2.60. The van der Waals surface area contributed by atoms with E-state index in [9.17, 15) is 14.3 Å². The summed E-state index contributed by atoms with van der Waals surface area (Å²) in [6.07, 6.45) is 0. The van der Waals surface area contributed by atoms with E-state index in [4.69, 9.17) is 10.8 Å². The van der Waals surface area contributed by atoms with Gasteiger partial charge in [-0.2, -0.15) is 0 Å². The lowest BCUT2D eigenvalue weighted by Crippen LogP contribution is -2.04. The molecule has 0 amide bonds. The summed E-state index contributed by atoms with van der Waals surface area (Å²) < 4.78 is 12.9. The highest BCUT2D eigenvalue weighted by Gasteiger charge is 2.18. The van der Waals surface area contributed by atoms with Gasteiger partial charge in [-0.25, -0.2) is 9.18 Å². The maximum absolute atomic E-state index is 12.9. The number of hydrogen-bond donors (Lipinski definition) is 3. The van der Waals surface area contributed by atoms with Crippen molar-refractivity contribution >= 4 is 11.7 Å². The number of anilines is 1. The average Bonchev–Trinajstić information content (AvgIpc) is 2.01. The molecule has 0 saturated heterocycles. The van der Waals surface area contributed by atoms with Crippen molar-refractivity contribution < 1.29 is 19.4 Å². The van der Waals surface area contributed by atoms with Crippen LogP contribution in [-0.4, -0.2) is 16.2 Å². The Balaban J connectivity index is 3.56. The van der Waals surface area contributed by atoms with Crippen LogP contribution >= 0.6 is 0 Å². The third kappa shape index (κ3) is 1.40. The lowest BCUT2D eigenvalue weighted by molar-refractivity contribution is 0.0692. The van der Waals surface area contributed by atoms with Crippen LogP contribution < -0.4 is 5.73 Å². The molecule has 70 valence electrons. The first-order chi connectivity index (χ1) is 5.95. The van der Waals surface area contributed by atoms with Crippen molar-refractivity contribution in [1.82, 2.24) is 0 Å². The van der Waals surface area contributed by atoms with Gasteiger partial charge in [0.1, 0.15) is 11.4 Å². The third-order valence-corrected chi connectivity index (χ3v) is 1.74. The number of carboxylic acid groups (broad SMARTS) is 1. The number of phenols is 1. The summed E-state index contributed by atoms with van der Waals surface area (Å²) in [5.41, 5.74) is 4.28. The van der Waals surface area contributed by atoms with Crippen LogP contribution in [0, 0.1) is 12.7 Å². The third-order valence-electron chi connectivity index (χ3n) is 1.74. The summed E-state index contributed by atoms with van der Waals surface area (Å²) in [5.74, 6) is -2.74. The quantitative estimate of drug-likeness (QED) is 0.452. The van der Waals surface area contributed by atoms with Gasteiger partial charge in [0, 0.05) is 11.6 Å². The number of nitrogens with two attached hydrogens (primary N) is 1. The Bertz CT molecular complexity index is 350. The maximum atomic E-state index is 12.9. The molecule has 0 bridgehead atoms. The predicted molar refractivity (Wildman–Crippen MR) is 44.2 cm³/mol. The van der Waals surface area contributed by atoms with E-state index in [0.29, 0.717) is 0 Å². The molecule has 0 aromatic heterocycles. The molecule has 1 aromatic rings. The molecule has 1 rings (SSSR count). The molecule has 0 aliphatic rings. The number of hydrogen-bond acceptors (Lipinski definition) is 3. The number of aromatic carboxylic acids is 1. The van der Waals surface area contributed by atoms with Gasteiger partial charge in [0.25, 0.3) is 0 Å². The van der Waals surface area contributed by atoms with E-state index in [0.717, 1.165) is 6.07 Å². The van der Waals surface area contributed by atoms with Gasteiger partial charge in [0.05, 0.1) is 5.69 Å². The smallest absolute Gasteiger partial charge is 0.339 e. The number of carboxylic acids is 1. The molecular formula is C8H8FNO3. The summed E-state index contributed by atoms with van der Waals surface area (Å²) in [6, 6.07) is 0.886. The maximum Gasteiger partial charge on any atom is 0.339 e. The number of rotatable bonds is 1. The predicted octanol–water partition coefficient (Wildman–Crippen LogP) is 1.12. The molecule has 0 heterocycles. The lowest BCUT2D eigenvalue weighted by atomic mass is 10.1. The first-order valence-electron chi connectivity index (χ1n) is 3.46. The first kappa shape index (κ1) is 9.31. The number of carbonyl (C=O) groups is 1. The second-order valence-electron chi connectivity index (χ2n) is 2.60. The lowest BCUT2D eigenvalue weighted by Gasteiger charge is -2.07. The Morgan fingerprint density at radius 3 is 2.62 bits per heavy atom. The summed E-state index contributed by atoms with van der Waals surface area (Å²) in [6.45, 7) is 1.26. The SMILES string of the molecule is Cc1c(F)cc(N)c(O)c1C(=O)O. The molecule has 0 spiro atoms. The van der Waals surface area contributed by atoms with Crippen LogP contribution in [0.5, 0.6) is 5.75 Å². The minimum atomic E-state index is -1.40. The van der Waals surface area contributed by atoms with Gasteiger partial charge in [0.2, 0.25) is 0 Å². The Kier molecular flexibility index (Phi) is 2.10. The molecule has 0 fully saturated rings. The van der Waals surface area contributed by atoms with Crippen LogP contribution in [0.25, 0.3) is 0 Å². The Hall–Kier alpha value is -1.78. The average molecular weight is 185 g/mol. The van der Waals surface area contributed by atoms with Crippen LogP contribution in [0.3, 0.4) is 0 Å². The summed E-state index contributed by atoms with van der Waals surface area (Å²) in [7, 11) is 0. The number of benzene rings is 1. The van der Waals surface area contributed by atoms with Crippen molar-refractivity contribution in [3.63, 3.8) is 0 Å². The first-order valence-corrected chi connectivity index (χ1v) is 3.46. The normalized spacial score (nSPS) is 10.0. The molecule has 0 saturated carbocycles. The van der Waals surface area contributed by atoms with Gasteiger partial charge in [-0.15, -0.1) is 0 Å². The van der Waals surface area contributed by atoms with E-state index < -0.39 is 23.1 Å². The van der Waals surface area contributed by atoms with E-state index in [-0.39, 0.29) is 11.3 Å². The fraction of sp³-hybridized carbons (Fsp3) is 0.125. The van der Waals surface area contributed by atoms with Crippen LogP contribution in [0.15, 0.2) is 6.07 Å². The highest BCUT2D eigenvalue weighted by atomic mass is 19.1. The molecule has 0 unspecified atom stereocenters. The van der Waals surface area contributed by atoms with Crippen molar-refractivity contribution in [2.24, 2.45) is 0 Å². The summed E-state index contributed by atoms with van der Waals surface area (Å²) in [4.78, 5) is 10.6. The van der Waals surface area contributed by atoms with Gasteiger partial charge < -0.3 is 15.9 Å². The van der Waals surface area contributed by atoms with Crippen molar-refractivity contribution in [2.45, 2.75) is 6.92 Å². The van der Waals surface area contributed by atoms with Crippen LogP contribution in [0.1, 0.15) is 15.9 Å². The van der Waals surface area contributed by atoms with E-state index in [1.807, 2.05) is 0 Å². The largest absolute Gasteiger partial charge is 0.505 e. The van der Waals surface area contributed by atoms with Crippen molar-refractivity contribution in [2.75, 3.05) is 5.73 Å². The Morgan fingerprint density at radius 2 is 2.15 bits per heavy atom. The minimum Gasteiger partial charge on any atom is -0.505 e. The van der Waals surface area contributed by atoms with E-state index in [1.54, 1.807) is 0 Å². The van der Waals surface area contributed by atoms with Gasteiger partial charge >= 0.3 is 5.97 Å². The Morgan fingerprint density at radius 1 is 1.62 bits per heavy atom. The standard InChI is InChI=1S/C8H8FNO3/c1-3-4(9)2-5(10)7(11)6(3)8(12)13/h2,11H,10H2,1H3,(H,12,13). The van der Waals surface area contributed by atoms with Crippen LogP contribution in [0.4, 0.5) is 10.1 Å². The minimum absolute atomic E-state index is 0.126. The van der Waals surface area contributed by atoms with Crippen molar-refractivity contribution in [3.05, 3.63) is 23.0 Å². The molecule has 4 nitrogen and oxygen atoms in total. The van der Waals surface area contributed by atoms with Gasteiger partial charge in [0.15, 0.2) is 5.75 Å². The number of aromatic hydroxyl groups is 1. The van der Waals surface area contributed by atoms with Gasteiger partial charge in [-0.3, -0.25) is 0 Å². The molecule has 0 atom stereocenters. The van der Waals surface area contributed by atoms with Crippen LogP contribution in [0.2, 0.25) is 0 Å². The highest BCUT2D eigenvalue weighted by Crippen LogP contribution is 2.29. The van der Waals surface area contributed by atoms with E-state index >= 15 is 0 Å². The number of nitrogen functional groups attached to an aromatic ring is 1. The topological polar surface area (TPSA) is 83.5 Å². The molecule has 0 aliphatic heterocycles. The van der Waals surface area contributed by atoms with E-state index in [2.05, 4.69) is 0 Å². The molecule has 13 heavy (non-hydrogen) atoms. The van der Waals surface area contributed by atoms with Crippen molar-refractivity contribution in [1.29, 1.82) is 0 Å². The molecule has 5 heteroatoms. The highest BCUT2D eigenvalue weighted by molar-refractivity contribution is 5.94.